The van der Waals surface area contributed by atoms with Crippen LogP contribution in [0.5, 0.6) is 5.75 Å². The number of amides is 1. The molecular formula is C15H11FN2O2. The molecular weight excluding hydrogens is 259 g/mol. The Labute approximate surface area is 114 Å². The zero-order chi connectivity index (χ0) is 14.1. The van der Waals surface area contributed by atoms with E-state index < -0.39 is 5.82 Å². The SMILES string of the molecule is COc1ccc(N=C2C(=O)Nc3ccc(F)cc32)cc1. The Morgan fingerprint density at radius 1 is 1.15 bits per heavy atom. The highest BCUT2D eigenvalue weighted by molar-refractivity contribution is 6.54. The van der Waals surface area contributed by atoms with Crippen LogP contribution >= 0.6 is 0 Å². The highest BCUT2D eigenvalue weighted by Crippen LogP contribution is 2.27. The van der Waals surface area contributed by atoms with Gasteiger partial charge in [-0.05, 0) is 42.5 Å². The number of carbonyl (C=O) groups excluding carboxylic acids is 1. The number of aliphatic imine (C=N–C) groups is 1. The molecule has 5 heteroatoms. The fourth-order valence-corrected chi connectivity index (χ4v) is 2.02. The van der Waals surface area contributed by atoms with Crippen molar-refractivity contribution >= 4 is 23.0 Å². The number of hydrogen-bond acceptors (Lipinski definition) is 3. The molecule has 0 unspecified atom stereocenters. The van der Waals surface area contributed by atoms with Gasteiger partial charge in [-0.2, -0.15) is 0 Å². The van der Waals surface area contributed by atoms with Gasteiger partial charge in [0.2, 0.25) is 0 Å². The summed E-state index contributed by atoms with van der Waals surface area (Å²) in [6, 6.07) is 11.1. The van der Waals surface area contributed by atoms with Crippen LogP contribution in [0.15, 0.2) is 47.5 Å². The summed E-state index contributed by atoms with van der Waals surface area (Å²) in [6.45, 7) is 0. The summed E-state index contributed by atoms with van der Waals surface area (Å²) in [6.07, 6.45) is 0. The van der Waals surface area contributed by atoms with Gasteiger partial charge in [0.05, 0.1) is 18.5 Å². The first-order valence-electron chi connectivity index (χ1n) is 6.01. The Morgan fingerprint density at radius 3 is 2.60 bits per heavy atom. The molecule has 0 fully saturated rings. The summed E-state index contributed by atoms with van der Waals surface area (Å²) < 4.78 is 18.3. The molecule has 0 atom stereocenters. The van der Waals surface area contributed by atoms with Crippen molar-refractivity contribution in [2.45, 2.75) is 0 Å². The second-order valence-corrected chi connectivity index (χ2v) is 4.30. The van der Waals surface area contributed by atoms with Crippen molar-refractivity contribution in [1.29, 1.82) is 0 Å². The normalized spacial score (nSPS) is 15.1. The molecule has 0 radical (unpaired) electrons. The summed E-state index contributed by atoms with van der Waals surface area (Å²) in [5, 5.41) is 2.66. The number of carbonyl (C=O) groups is 1. The Hall–Kier alpha value is -2.69. The molecule has 0 spiro atoms. The van der Waals surface area contributed by atoms with E-state index in [-0.39, 0.29) is 11.6 Å². The van der Waals surface area contributed by atoms with Crippen molar-refractivity contribution in [3.63, 3.8) is 0 Å². The lowest BCUT2D eigenvalue weighted by atomic mass is 10.1. The zero-order valence-electron chi connectivity index (χ0n) is 10.7. The van der Waals surface area contributed by atoms with Gasteiger partial charge in [0, 0.05) is 5.56 Å². The van der Waals surface area contributed by atoms with Gasteiger partial charge in [-0.25, -0.2) is 9.38 Å². The number of ether oxygens (including phenoxy) is 1. The highest BCUT2D eigenvalue weighted by Gasteiger charge is 2.26. The van der Waals surface area contributed by atoms with Crippen LogP contribution in [0.25, 0.3) is 0 Å². The number of hydrogen-bond donors (Lipinski definition) is 1. The van der Waals surface area contributed by atoms with E-state index in [1.807, 2.05) is 0 Å². The maximum Gasteiger partial charge on any atom is 0.275 e. The summed E-state index contributed by atoms with van der Waals surface area (Å²) in [7, 11) is 1.57. The molecule has 1 aliphatic rings. The number of anilines is 1. The van der Waals surface area contributed by atoms with E-state index >= 15 is 0 Å². The van der Waals surface area contributed by atoms with E-state index in [0.717, 1.165) is 0 Å². The highest BCUT2D eigenvalue weighted by atomic mass is 19.1. The smallest absolute Gasteiger partial charge is 0.275 e. The van der Waals surface area contributed by atoms with E-state index in [0.29, 0.717) is 22.7 Å². The fourth-order valence-electron chi connectivity index (χ4n) is 2.02. The average Bonchev–Trinajstić information content (AvgIpc) is 2.76. The van der Waals surface area contributed by atoms with E-state index in [1.165, 1.54) is 18.2 Å². The molecule has 0 aliphatic carbocycles. The van der Waals surface area contributed by atoms with E-state index in [4.69, 9.17) is 4.74 Å². The van der Waals surface area contributed by atoms with Gasteiger partial charge in [0.15, 0.2) is 0 Å². The molecule has 1 aliphatic heterocycles. The third-order valence-electron chi connectivity index (χ3n) is 3.01. The summed E-state index contributed by atoms with van der Waals surface area (Å²) in [5.74, 6) is -0.0274. The number of nitrogens with zero attached hydrogens (tertiary/aromatic N) is 1. The number of benzene rings is 2. The molecule has 2 aromatic rings. The minimum atomic E-state index is -0.400. The van der Waals surface area contributed by atoms with Crippen LogP contribution < -0.4 is 10.1 Å². The minimum Gasteiger partial charge on any atom is -0.497 e. The monoisotopic (exact) mass is 270 g/mol. The minimum absolute atomic E-state index is 0.213. The first-order valence-corrected chi connectivity index (χ1v) is 6.01. The van der Waals surface area contributed by atoms with Crippen LogP contribution in [0.2, 0.25) is 0 Å². The van der Waals surface area contributed by atoms with Gasteiger partial charge in [0.25, 0.3) is 5.91 Å². The first kappa shape index (κ1) is 12.3. The van der Waals surface area contributed by atoms with Crippen molar-refractivity contribution in [2.24, 2.45) is 4.99 Å². The quantitative estimate of drug-likeness (QED) is 0.912. The zero-order valence-corrected chi connectivity index (χ0v) is 10.7. The Morgan fingerprint density at radius 2 is 1.90 bits per heavy atom. The first-order chi connectivity index (χ1) is 9.67. The van der Waals surface area contributed by atoms with Crippen molar-refractivity contribution in [3.8, 4) is 5.75 Å². The van der Waals surface area contributed by atoms with Crippen LogP contribution in [0.1, 0.15) is 5.56 Å². The number of fused-ring (bicyclic) bond motifs is 1. The standard InChI is InChI=1S/C15H11FN2O2/c1-20-11-5-3-10(4-6-11)17-14-12-8-9(16)2-7-13(12)18-15(14)19/h2-8H,1H3,(H,17,18,19). The molecule has 0 saturated heterocycles. The van der Waals surface area contributed by atoms with Crippen molar-refractivity contribution in [2.75, 3.05) is 12.4 Å². The fraction of sp³-hybridized carbons (Fsp3) is 0.0667. The van der Waals surface area contributed by atoms with Gasteiger partial charge < -0.3 is 10.1 Å². The van der Waals surface area contributed by atoms with Crippen molar-refractivity contribution in [1.82, 2.24) is 0 Å². The van der Waals surface area contributed by atoms with Gasteiger partial charge in [0.1, 0.15) is 17.3 Å². The second kappa shape index (κ2) is 4.77. The van der Waals surface area contributed by atoms with Gasteiger partial charge in [-0.15, -0.1) is 0 Å². The number of methoxy groups -OCH3 is 1. The van der Waals surface area contributed by atoms with Crippen molar-refractivity contribution in [3.05, 3.63) is 53.8 Å². The molecule has 1 amide bonds. The molecule has 0 saturated carbocycles. The van der Waals surface area contributed by atoms with Crippen LogP contribution in [0.4, 0.5) is 15.8 Å². The topological polar surface area (TPSA) is 50.7 Å². The van der Waals surface area contributed by atoms with Crippen LogP contribution in [0.3, 0.4) is 0 Å². The third-order valence-corrected chi connectivity index (χ3v) is 3.01. The number of rotatable bonds is 2. The lowest BCUT2D eigenvalue weighted by molar-refractivity contribution is -0.110. The lowest BCUT2D eigenvalue weighted by Crippen LogP contribution is -2.13. The summed E-state index contributed by atoms with van der Waals surface area (Å²) in [5.41, 5.74) is 1.87. The van der Waals surface area contributed by atoms with Gasteiger partial charge in [-0.3, -0.25) is 4.79 Å². The Bertz CT molecular complexity index is 708. The third kappa shape index (κ3) is 2.14. The van der Waals surface area contributed by atoms with Crippen LogP contribution in [0, 0.1) is 5.82 Å². The molecule has 2 aromatic carbocycles. The number of nitrogens with one attached hydrogen (secondary N) is 1. The Balaban J connectivity index is 2.03. The molecule has 20 heavy (non-hydrogen) atoms. The Kier molecular flexibility index (Phi) is 2.95. The van der Waals surface area contributed by atoms with E-state index in [9.17, 15) is 9.18 Å². The maximum atomic E-state index is 13.3. The molecule has 1 heterocycles. The van der Waals surface area contributed by atoms with E-state index in [1.54, 1.807) is 31.4 Å². The molecule has 0 bridgehead atoms. The molecule has 100 valence electrons. The molecule has 3 rings (SSSR count). The predicted octanol–water partition coefficient (Wildman–Crippen LogP) is 2.91. The summed E-state index contributed by atoms with van der Waals surface area (Å²) in [4.78, 5) is 16.2. The van der Waals surface area contributed by atoms with Crippen molar-refractivity contribution < 1.29 is 13.9 Å². The maximum absolute atomic E-state index is 13.3. The number of halogens is 1. The van der Waals surface area contributed by atoms with E-state index in [2.05, 4.69) is 10.3 Å². The van der Waals surface area contributed by atoms with Crippen LogP contribution in [-0.4, -0.2) is 18.7 Å². The van der Waals surface area contributed by atoms with Gasteiger partial charge >= 0.3 is 0 Å². The van der Waals surface area contributed by atoms with Crippen LogP contribution in [-0.2, 0) is 4.79 Å². The predicted molar refractivity (Wildman–Crippen MR) is 74.2 cm³/mol. The lowest BCUT2D eigenvalue weighted by Gasteiger charge is -2.01. The average molecular weight is 270 g/mol. The molecule has 0 aromatic heterocycles. The largest absolute Gasteiger partial charge is 0.497 e. The summed E-state index contributed by atoms with van der Waals surface area (Å²) >= 11 is 0. The molecule has 4 nitrogen and oxygen atoms in total. The second-order valence-electron chi connectivity index (χ2n) is 4.30. The molecule has 1 N–H and O–H groups in total. The van der Waals surface area contributed by atoms with Gasteiger partial charge in [-0.1, -0.05) is 0 Å².